The quantitative estimate of drug-likeness (QED) is 0.869. The zero-order valence-electron chi connectivity index (χ0n) is 14.5. The highest BCUT2D eigenvalue weighted by atomic mass is 16.2. The second-order valence-electron chi connectivity index (χ2n) is 7.12. The van der Waals surface area contributed by atoms with Crippen molar-refractivity contribution in [2.75, 3.05) is 19.6 Å². The number of likely N-dealkylation sites (tertiary alicyclic amines) is 1. The number of nitrogens with one attached hydrogen (secondary N) is 1. The summed E-state index contributed by atoms with van der Waals surface area (Å²) in [5.41, 5.74) is 2.30. The summed E-state index contributed by atoms with van der Waals surface area (Å²) in [6.07, 6.45) is 3.38. The van der Waals surface area contributed by atoms with E-state index in [2.05, 4.69) is 48.3 Å². The van der Waals surface area contributed by atoms with E-state index >= 15 is 0 Å². The van der Waals surface area contributed by atoms with Crippen molar-refractivity contribution in [1.82, 2.24) is 10.2 Å². The van der Waals surface area contributed by atoms with Crippen molar-refractivity contribution in [3.8, 4) is 0 Å². The number of benzene rings is 1. The van der Waals surface area contributed by atoms with Gasteiger partial charge in [0.1, 0.15) is 0 Å². The van der Waals surface area contributed by atoms with E-state index in [9.17, 15) is 4.79 Å². The van der Waals surface area contributed by atoms with E-state index in [0.29, 0.717) is 12.6 Å². The van der Waals surface area contributed by atoms with Crippen molar-refractivity contribution < 1.29 is 4.79 Å². The molecule has 1 fully saturated rings. The lowest BCUT2D eigenvalue weighted by Gasteiger charge is -2.30. The van der Waals surface area contributed by atoms with Gasteiger partial charge in [0, 0.05) is 12.0 Å². The highest BCUT2D eigenvalue weighted by Gasteiger charge is 2.28. The van der Waals surface area contributed by atoms with Crippen molar-refractivity contribution >= 4 is 5.91 Å². The Morgan fingerprint density at radius 2 is 1.82 bits per heavy atom. The SMILES string of the molecule is CCC(C)(C)C(=O)NCC(c1ccc(C)cc1)N1CCCC1. The van der Waals surface area contributed by atoms with Gasteiger partial charge in [-0.1, -0.05) is 50.6 Å². The lowest BCUT2D eigenvalue weighted by atomic mass is 9.89. The van der Waals surface area contributed by atoms with E-state index in [4.69, 9.17) is 0 Å². The standard InChI is InChI=1S/C19H30N2O/c1-5-19(3,4)18(22)20-14-17(21-12-6-7-13-21)16-10-8-15(2)9-11-16/h8-11,17H,5-7,12-14H2,1-4H3,(H,20,22). The normalized spacial score (nSPS) is 17.5. The predicted molar refractivity (Wildman–Crippen MR) is 91.8 cm³/mol. The van der Waals surface area contributed by atoms with Gasteiger partial charge in [-0.25, -0.2) is 0 Å². The van der Waals surface area contributed by atoms with Crippen LogP contribution in [-0.2, 0) is 4.79 Å². The van der Waals surface area contributed by atoms with Gasteiger partial charge in [0.2, 0.25) is 5.91 Å². The van der Waals surface area contributed by atoms with E-state index in [0.717, 1.165) is 19.5 Å². The van der Waals surface area contributed by atoms with Gasteiger partial charge in [0.15, 0.2) is 0 Å². The van der Waals surface area contributed by atoms with E-state index in [1.54, 1.807) is 0 Å². The van der Waals surface area contributed by atoms with Gasteiger partial charge in [-0.3, -0.25) is 9.69 Å². The molecular weight excluding hydrogens is 272 g/mol. The number of carbonyl (C=O) groups excluding carboxylic acids is 1. The third-order valence-electron chi connectivity index (χ3n) is 5.00. The van der Waals surface area contributed by atoms with Gasteiger partial charge < -0.3 is 5.32 Å². The van der Waals surface area contributed by atoms with Crippen LogP contribution in [0.2, 0.25) is 0 Å². The Kier molecular flexibility index (Phi) is 5.63. The molecule has 122 valence electrons. The summed E-state index contributed by atoms with van der Waals surface area (Å²) in [6.45, 7) is 11.2. The molecule has 1 aromatic carbocycles. The molecule has 0 aromatic heterocycles. The Hall–Kier alpha value is -1.35. The fraction of sp³-hybridized carbons (Fsp3) is 0.632. The number of hydrogen-bond donors (Lipinski definition) is 1. The summed E-state index contributed by atoms with van der Waals surface area (Å²) in [4.78, 5) is 14.9. The largest absolute Gasteiger partial charge is 0.354 e. The molecule has 22 heavy (non-hydrogen) atoms. The first kappa shape index (κ1) is 17.0. The fourth-order valence-electron chi connectivity index (χ4n) is 2.89. The van der Waals surface area contributed by atoms with Crippen molar-refractivity contribution in [2.45, 2.75) is 53.0 Å². The second-order valence-corrected chi connectivity index (χ2v) is 7.12. The van der Waals surface area contributed by atoms with Gasteiger partial charge in [0.25, 0.3) is 0 Å². The smallest absolute Gasteiger partial charge is 0.225 e. The minimum Gasteiger partial charge on any atom is -0.354 e. The third kappa shape index (κ3) is 4.10. The molecule has 0 saturated carbocycles. The van der Waals surface area contributed by atoms with Crippen LogP contribution in [0.5, 0.6) is 0 Å². The van der Waals surface area contributed by atoms with Crippen molar-refractivity contribution in [3.05, 3.63) is 35.4 Å². The molecule has 1 aliphatic rings. The highest BCUT2D eigenvalue weighted by Crippen LogP contribution is 2.26. The van der Waals surface area contributed by atoms with Crippen LogP contribution in [0.15, 0.2) is 24.3 Å². The molecule has 1 amide bonds. The maximum absolute atomic E-state index is 12.4. The Morgan fingerprint density at radius 1 is 1.23 bits per heavy atom. The molecule has 0 spiro atoms. The molecule has 3 nitrogen and oxygen atoms in total. The Balaban J connectivity index is 2.08. The molecule has 2 rings (SSSR count). The summed E-state index contributed by atoms with van der Waals surface area (Å²) in [5.74, 6) is 0.159. The number of hydrogen-bond acceptors (Lipinski definition) is 2. The Labute approximate surface area is 135 Å². The Morgan fingerprint density at radius 3 is 2.36 bits per heavy atom. The van der Waals surface area contributed by atoms with Gasteiger partial charge in [-0.2, -0.15) is 0 Å². The zero-order valence-corrected chi connectivity index (χ0v) is 14.5. The monoisotopic (exact) mass is 302 g/mol. The van der Waals surface area contributed by atoms with Crippen LogP contribution in [0.4, 0.5) is 0 Å². The van der Waals surface area contributed by atoms with Crippen LogP contribution < -0.4 is 5.32 Å². The molecule has 1 saturated heterocycles. The summed E-state index contributed by atoms with van der Waals surface area (Å²) in [7, 11) is 0. The maximum Gasteiger partial charge on any atom is 0.225 e. The highest BCUT2D eigenvalue weighted by molar-refractivity contribution is 5.81. The third-order valence-corrected chi connectivity index (χ3v) is 5.00. The van der Waals surface area contributed by atoms with Crippen molar-refractivity contribution in [2.24, 2.45) is 5.41 Å². The van der Waals surface area contributed by atoms with E-state index in [-0.39, 0.29) is 11.3 Å². The molecule has 3 heteroatoms. The molecule has 1 N–H and O–H groups in total. The first-order valence-corrected chi connectivity index (χ1v) is 8.53. The lowest BCUT2D eigenvalue weighted by Crippen LogP contribution is -2.42. The zero-order chi connectivity index (χ0) is 16.2. The lowest BCUT2D eigenvalue weighted by molar-refractivity contribution is -0.129. The van der Waals surface area contributed by atoms with Crippen LogP contribution in [0.3, 0.4) is 0 Å². The Bertz CT molecular complexity index is 487. The molecule has 1 aliphatic heterocycles. The minimum atomic E-state index is -0.289. The van der Waals surface area contributed by atoms with Gasteiger partial charge >= 0.3 is 0 Å². The summed E-state index contributed by atoms with van der Waals surface area (Å²) in [5, 5.41) is 3.18. The predicted octanol–water partition coefficient (Wildman–Crippen LogP) is 3.68. The average molecular weight is 302 g/mol. The topological polar surface area (TPSA) is 32.3 Å². The van der Waals surface area contributed by atoms with Crippen LogP contribution >= 0.6 is 0 Å². The number of carbonyl (C=O) groups is 1. The van der Waals surface area contributed by atoms with Gasteiger partial charge in [0.05, 0.1) is 6.04 Å². The van der Waals surface area contributed by atoms with Crippen LogP contribution in [0.25, 0.3) is 0 Å². The van der Waals surface area contributed by atoms with E-state index in [1.165, 1.54) is 24.0 Å². The van der Waals surface area contributed by atoms with Crippen molar-refractivity contribution in [3.63, 3.8) is 0 Å². The molecule has 1 aromatic rings. The molecule has 1 unspecified atom stereocenters. The number of rotatable bonds is 6. The van der Waals surface area contributed by atoms with Gasteiger partial charge in [-0.05, 0) is 44.8 Å². The molecule has 1 atom stereocenters. The summed E-state index contributed by atoms with van der Waals surface area (Å²) >= 11 is 0. The van der Waals surface area contributed by atoms with Crippen molar-refractivity contribution in [1.29, 1.82) is 0 Å². The fourth-order valence-corrected chi connectivity index (χ4v) is 2.89. The maximum atomic E-state index is 12.4. The molecule has 0 radical (unpaired) electrons. The molecule has 1 heterocycles. The number of amides is 1. The van der Waals surface area contributed by atoms with Crippen LogP contribution in [-0.4, -0.2) is 30.4 Å². The van der Waals surface area contributed by atoms with Crippen LogP contribution in [0.1, 0.15) is 57.2 Å². The minimum absolute atomic E-state index is 0.159. The first-order valence-electron chi connectivity index (χ1n) is 8.53. The number of aryl methyl sites for hydroxylation is 1. The van der Waals surface area contributed by atoms with Gasteiger partial charge in [-0.15, -0.1) is 0 Å². The first-order chi connectivity index (χ1) is 10.4. The molecular formula is C19H30N2O. The average Bonchev–Trinajstić information content (AvgIpc) is 3.03. The summed E-state index contributed by atoms with van der Waals surface area (Å²) < 4.78 is 0. The van der Waals surface area contributed by atoms with E-state index in [1.807, 2.05) is 13.8 Å². The summed E-state index contributed by atoms with van der Waals surface area (Å²) in [6, 6.07) is 9.02. The second kappa shape index (κ2) is 7.28. The van der Waals surface area contributed by atoms with E-state index < -0.39 is 0 Å². The molecule has 0 aliphatic carbocycles. The molecule has 0 bridgehead atoms. The number of nitrogens with zero attached hydrogens (tertiary/aromatic N) is 1. The van der Waals surface area contributed by atoms with Crippen LogP contribution in [0, 0.1) is 12.3 Å².